The van der Waals surface area contributed by atoms with Crippen molar-refractivity contribution in [2.45, 2.75) is 44.6 Å². The number of hydrogen-bond donors (Lipinski definition) is 1. The Balaban J connectivity index is 1.61. The van der Waals surface area contributed by atoms with E-state index < -0.39 is 0 Å². The molecule has 0 saturated heterocycles. The van der Waals surface area contributed by atoms with Crippen LogP contribution in [0, 0.1) is 8.99 Å². The van der Waals surface area contributed by atoms with Crippen LogP contribution in [0.4, 0.5) is 0 Å². The van der Waals surface area contributed by atoms with Crippen molar-refractivity contribution in [2.24, 2.45) is 5.41 Å². The Morgan fingerprint density at radius 3 is 2.41 bits per heavy atom. The van der Waals surface area contributed by atoms with Crippen LogP contribution in [0.15, 0.2) is 24.3 Å². The van der Waals surface area contributed by atoms with E-state index in [2.05, 4.69) is 52.2 Å². The summed E-state index contributed by atoms with van der Waals surface area (Å²) in [6.07, 6.45) is 8.33. The maximum atomic E-state index is 3.73. The minimum absolute atomic E-state index is 0.579. The Hall–Kier alpha value is -0.0900. The molecule has 17 heavy (non-hydrogen) atoms. The van der Waals surface area contributed by atoms with E-state index in [9.17, 15) is 0 Å². The molecule has 2 aliphatic carbocycles. The molecule has 1 nitrogen and oxygen atoms in total. The van der Waals surface area contributed by atoms with Gasteiger partial charge in [0.25, 0.3) is 0 Å². The summed E-state index contributed by atoms with van der Waals surface area (Å²) in [5.74, 6) is 0. The maximum Gasteiger partial charge on any atom is 0.0130 e. The molecule has 3 rings (SSSR count). The molecule has 1 aromatic carbocycles. The first kappa shape index (κ1) is 12.0. The van der Waals surface area contributed by atoms with Gasteiger partial charge in [0.1, 0.15) is 0 Å². The van der Waals surface area contributed by atoms with Crippen LogP contribution in [0.25, 0.3) is 0 Å². The fourth-order valence-electron chi connectivity index (χ4n) is 2.78. The van der Waals surface area contributed by atoms with Crippen molar-refractivity contribution >= 4 is 22.6 Å². The van der Waals surface area contributed by atoms with E-state index in [1.807, 2.05) is 0 Å². The van der Waals surface area contributed by atoms with Crippen LogP contribution in [-0.4, -0.2) is 12.6 Å². The van der Waals surface area contributed by atoms with Gasteiger partial charge in [0.2, 0.25) is 0 Å². The molecular formula is C15H20IN. The highest BCUT2D eigenvalue weighted by Gasteiger charge is 2.38. The number of halogens is 1. The lowest BCUT2D eigenvalue weighted by Gasteiger charge is -2.42. The first-order chi connectivity index (χ1) is 8.26. The SMILES string of the molecule is Ic1ccc(CC2(CNC3CC3)CCC2)cc1. The Morgan fingerprint density at radius 2 is 1.88 bits per heavy atom. The molecule has 92 valence electrons. The molecule has 0 unspecified atom stereocenters. The Bertz CT molecular complexity index is 376. The van der Waals surface area contributed by atoms with Crippen LogP contribution in [0.2, 0.25) is 0 Å². The van der Waals surface area contributed by atoms with Crippen LogP contribution in [0.3, 0.4) is 0 Å². The van der Waals surface area contributed by atoms with Crippen LogP contribution in [0.5, 0.6) is 0 Å². The second-order valence-corrected chi connectivity index (χ2v) is 7.06. The lowest BCUT2D eigenvalue weighted by atomic mass is 9.65. The van der Waals surface area contributed by atoms with Crippen molar-refractivity contribution in [3.8, 4) is 0 Å². The quantitative estimate of drug-likeness (QED) is 0.805. The van der Waals surface area contributed by atoms with E-state index in [1.165, 1.54) is 54.2 Å². The second kappa shape index (κ2) is 4.88. The molecule has 0 aromatic heterocycles. The topological polar surface area (TPSA) is 12.0 Å². The van der Waals surface area contributed by atoms with E-state index in [-0.39, 0.29) is 0 Å². The van der Waals surface area contributed by atoms with Crippen LogP contribution < -0.4 is 5.32 Å². The highest BCUT2D eigenvalue weighted by Crippen LogP contribution is 2.43. The lowest BCUT2D eigenvalue weighted by Crippen LogP contribution is -2.42. The molecule has 0 radical (unpaired) electrons. The molecule has 2 saturated carbocycles. The van der Waals surface area contributed by atoms with Gasteiger partial charge >= 0.3 is 0 Å². The average Bonchev–Trinajstić information content (AvgIpc) is 3.08. The third-order valence-corrected chi connectivity index (χ3v) is 4.97. The largest absolute Gasteiger partial charge is 0.313 e. The van der Waals surface area contributed by atoms with E-state index >= 15 is 0 Å². The standard InChI is InChI=1S/C15H20IN/c16-13-4-2-12(3-5-13)10-15(8-1-9-15)11-17-14-6-7-14/h2-5,14,17H,1,6-11H2. The smallest absolute Gasteiger partial charge is 0.0130 e. The van der Waals surface area contributed by atoms with Crippen molar-refractivity contribution < 1.29 is 0 Å². The average molecular weight is 341 g/mol. The van der Waals surface area contributed by atoms with Gasteiger partial charge in [-0.1, -0.05) is 18.6 Å². The number of benzene rings is 1. The van der Waals surface area contributed by atoms with E-state index in [0.717, 1.165) is 6.04 Å². The van der Waals surface area contributed by atoms with Gasteiger partial charge < -0.3 is 5.32 Å². The van der Waals surface area contributed by atoms with Gasteiger partial charge in [-0.3, -0.25) is 0 Å². The summed E-state index contributed by atoms with van der Waals surface area (Å²) in [6, 6.07) is 9.93. The number of nitrogens with one attached hydrogen (secondary N) is 1. The zero-order valence-corrected chi connectivity index (χ0v) is 12.4. The predicted molar refractivity (Wildman–Crippen MR) is 80.2 cm³/mol. The Morgan fingerprint density at radius 1 is 1.18 bits per heavy atom. The molecule has 0 aliphatic heterocycles. The van der Waals surface area contributed by atoms with Crippen LogP contribution >= 0.6 is 22.6 Å². The predicted octanol–water partition coefficient (Wildman–Crippen LogP) is 3.76. The van der Waals surface area contributed by atoms with Gasteiger partial charge in [0.15, 0.2) is 0 Å². The van der Waals surface area contributed by atoms with Crippen molar-refractivity contribution in [3.63, 3.8) is 0 Å². The summed E-state index contributed by atoms with van der Waals surface area (Å²) in [4.78, 5) is 0. The molecule has 0 amide bonds. The van der Waals surface area contributed by atoms with Gasteiger partial charge in [-0.15, -0.1) is 0 Å². The van der Waals surface area contributed by atoms with E-state index in [4.69, 9.17) is 0 Å². The number of rotatable bonds is 5. The third-order valence-electron chi connectivity index (χ3n) is 4.25. The van der Waals surface area contributed by atoms with Gasteiger partial charge in [-0.2, -0.15) is 0 Å². The summed E-state index contributed by atoms with van der Waals surface area (Å²) in [5, 5.41) is 3.73. The molecule has 0 spiro atoms. The zero-order valence-electron chi connectivity index (χ0n) is 10.2. The summed E-state index contributed by atoms with van der Waals surface area (Å²) in [6.45, 7) is 1.24. The molecule has 0 heterocycles. The van der Waals surface area contributed by atoms with Gasteiger partial charge in [-0.25, -0.2) is 0 Å². The Kier molecular flexibility index (Phi) is 3.44. The first-order valence-electron chi connectivity index (χ1n) is 6.74. The van der Waals surface area contributed by atoms with Crippen molar-refractivity contribution in [1.29, 1.82) is 0 Å². The molecule has 0 atom stereocenters. The summed E-state index contributed by atoms with van der Waals surface area (Å²) >= 11 is 2.38. The second-order valence-electron chi connectivity index (χ2n) is 5.81. The fourth-order valence-corrected chi connectivity index (χ4v) is 3.14. The van der Waals surface area contributed by atoms with Crippen LogP contribution in [-0.2, 0) is 6.42 Å². The van der Waals surface area contributed by atoms with Crippen molar-refractivity contribution in [3.05, 3.63) is 33.4 Å². The van der Waals surface area contributed by atoms with E-state index in [0.29, 0.717) is 5.41 Å². The third kappa shape index (κ3) is 3.02. The molecule has 2 fully saturated rings. The fraction of sp³-hybridized carbons (Fsp3) is 0.600. The van der Waals surface area contributed by atoms with Gasteiger partial charge in [0, 0.05) is 16.2 Å². The summed E-state index contributed by atoms with van der Waals surface area (Å²) in [5.41, 5.74) is 2.10. The van der Waals surface area contributed by atoms with Crippen molar-refractivity contribution in [2.75, 3.05) is 6.54 Å². The highest BCUT2D eigenvalue weighted by atomic mass is 127. The molecule has 2 heteroatoms. The monoisotopic (exact) mass is 341 g/mol. The van der Waals surface area contributed by atoms with Crippen LogP contribution in [0.1, 0.15) is 37.7 Å². The normalized spacial score (nSPS) is 22.2. The molecule has 2 aliphatic rings. The lowest BCUT2D eigenvalue weighted by molar-refractivity contribution is 0.129. The zero-order chi connectivity index (χ0) is 11.7. The molecule has 0 bridgehead atoms. The van der Waals surface area contributed by atoms with E-state index in [1.54, 1.807) is 0 Å². The van der Waals surface area contributed by atoms with Crippen molar-refractivity contribution in [1.82, 2.24) is 5.32 Å². The van der Waals surface area contributed by atoms with Gasteiger partial charge in [0.05, 0.1) is 0 Å². The van der Waals surface area contributed by atoms with Gasteiger partial charge in [-0.05, 0) is 77.8 Å². The highest BCUT2D eigenvalue weighted by molar-refractivity contribution is 14.1. The first-order valence-corrected chi connectivity index (χ1v) is 7.82. The molecular weight excluding hydrogens is 321 g/mol. The summed E-state index contributed by atoms with van der Waals surface area (Å²) in [7, 11) is 0. The number of hydrogen-bond acceptors (Lipinski definition) is 1. The summed E-state index contributed by atoms with van der Waals surface area (Å²) < 4.78 is 1.34. The minimum atomic E-state index is 0.579. The molecule has 1 aromatic rings. The minimum Gasteiger partial charge on any atom is -0.313 e. The molecule has 1 N–H and O–H groups in total. The maximum absolute atomic E-state index is 3.73. The Labute approximate surface area is 118 Å².